The SMILES string of the molecule is CNC(=O)c1cc(-c2cc(-c3cc(NC)ccc3C)ccn2)ccn1. The zero-order chi connectivity index (χ0) is 17.8. The van der Waals surface area contributed by atoms with Gasteiger partial charge in [0, 0.05) is 37.7 Å². The lowest BCUT2D eigenvalue weighted by molar-refractivity contribution is 0.0958. The van der Waals surface area contributed by atoms with E-state index in [4.69, 9.17) is 0 Å². The summed E-state index contributed by atoms with van der Waals surface area (Å²) in [7, 11) is 3.50. The maximum atomic E-state index is 11.8. The number of carbonyl (C=O) groups is 1. The second kappa shape index (κ2) is 7.13. The largest absolute Gasteiger partial charge is 0.388 e. The average molecular weight is 332 g/mol. The molecule has 0 unspecified atom stereocenters. The molecule has 0 aliphatic heterocycles. The lowest BCUT2D eigenvalue weighted by atomic mass is 9.99. The first kappa shape index (κ1) is 16.6. The summed E-state index contributed by atoms with van der Waals surface area (Å²) in [5.74, 6) is -0.212. The molecule has 25 heavy (non-hydrogen) atoms. The minimum absolute atomic E-state index is 0.212. The van der Waals surface area contributed by atoms with Crippen LogP contribution in [0.25, 0.3) is 22.4 Å². The topological polar surface area (TPSA) is 66.9 Å². The van der Waals surface area contributed by atoms with Crippen LogP contribution in [0, 0.1) is 6.92 Å². The van der Waals surface area contributed by atoms with Crippen LogP contribution in [0.5, 0.6) is 0 Å². The van der Waals surface area contributed by atoms with Crippen molar-refractivity contribution in [2.45, 2.75) is 6.92 Å². The van der Waals surface area contributed by atoms with Crippen molar-refractivity contribution in [1.82, 2.24) is 15.3 Å². The van der Waals surface area contributed by atoms with Crippen molar-refractivity contribution in [2.24, 2.45) is 0 Å². The van der Waals surface area contributed by atoms with E-state index in [0.717, 1.165) is 28.1 Å². The predicted molar refractivity (Wildman–Crippen MR) is 101 cm³/mol. The van der Waals surface area contributed by atoms with E-state index in [9.17, 15) is 4.79 Å². The van der Waals surface area contributed by atoms with Gasteiger partial charge in [0.2, 0.25) is 0 Å². The van der Waals surface area contributed by atoms with Crippen molar-refractivity contribution in [3.05, 3.63) is 66.1 Å². The molecule has 1 aromatic carbocycles. The van der Waals surface area contributed by atoms with Crippen LogP contribution in [0.3, 0.4) is 0 Å². The number of hydrogen-bond donors (Lipinski definition) is 2. The molecule has 0 fully saturated rings. The van der Waals surface area contributed by atoms with Gasteiger partial charge >= 0.3 is 0 Å². The zero-order valence-electron chi connectivity index (χ0n) is 14.5. The Kier molecular flexibility index (Phi) is 4.75. The summed E-state index contributed by atoms with van der Waals surface area (Å²) in [6.45, 7) is 2.09. The van der Waals surface area contributed by atoms with Gasteiger partial charge in [0.15, 0.2) is 0 Å². The average Bonchev–Trinajstić information content (AvgIpc) is 2.68. The number of benzene rings is 1. The molecule has 2 aromatic heterocycles. The molecule has 2 N–H and O–H groups in total. The molecule has 0 saturated heterocycles. The standard InChI is InChI=1S/C20H20N4O/c1-13-4-5-16(21-2)12-17(13)14-6-8-23-18(10-14)15-7-9-24-19(11-15)20(25)22-3/h4-12,21H,1-3H3,(H,22,25). The summed E-state index contributed by atoms with van der Waals surface area (Å²) in [6.07, 6.45) is 3.41. The monoisotopic (exact) mass is 332 g/mol. The third-order valence-corrected chi connectivity index (χ3v) is 4.11. The van der Waals surface area contributed by atoms with Gasteiger partial charge in [-0.3, -0.25) is 14.8 Å². The van der Waals surface area contributed by atoms with E-state index in [1.807, 2.05) is 25.2 Å². The molecule has 2 heterocycles. The number of hydrogen-bond acceptors (Lipinski definition) is 4. The van der Waals surface area contributed by atoms with Crippen molar-refractivity contribution >= 4 is 11.6 Å². The van der Waals surface area contributed by atoms with Gasteiger partial charge in [-0.25, -0.2) is 0 Å². The van der Waals surface area contributed by atoms with Crippen LogP contribution < -0.4 is 10.6 Å². The van der Waals surface area contributed by atoms with E-state index < -0.39 is 0 Å². The van der Waals surface area contributed by atoms with Crippen molar-refractivity contribution in [1.29, 1.82) is 0 Å². The molecule has 126 valence electrons. The molecular formula is C20H20N4O. The molecule has 0 saturated carbocycles. The van der Waals surface area contributed by atoms with Gasteiger partial charge in [-0.05, 0) is 60.0 Å². The van der Waals surface area contributed by atoms with Crippen molar-refractivity contribution in [2.75, 3.05) is 19.4 Å². The minimum atomic E-state index is -0.212. The number of pyridine rings is 2. The van der Waals surface area contributed by atoms with E-state index in [1.54, 1.807) is 25.5 Å². The van der Waals surface area contributed by atoms with Crippen molar-refractivity contribution in [3.8, 4) is 22.4 Å². The van der Waals surface area contributed by atoms with Gasteiger partial charge in [0.05, 0.1) is 5.69 Å². The van der Waals surface area contributed by atoms with Crippen molar-refractivity contribution in [3.63, 3.8) is 0 Å². The normalized spacial score (nSPS) is 10.4. The molecule has 1 amide bonds. The van der Waals surface area contributed by atoms with E-state index in [-0.39, 0.29) is 5.91 Å². The number of nitrogens with one attached hydrogen (secondary N) is 2. The third kappa shape index (κ3) is 3.50. The summed E-state index contributed by atoms with van der Waals surface area (Å²) >= 11 is 0. The highest BCUT2D eigenvalue weighted by molar-refractivity contribution is 5.93. The van der Waals surface area contributed by atoms with Crippen LogP contribution in [0.1, 0.15) is 16.1 Å². The Morgan fingerprint density at radius 1 is 0.920 bits per heavy atom. The zero-order valence-corrected chi connectivity index (χ0v) is 14.5. The second-order valence-electron chi connectivity index (χ2n) is 5.72. The summed E-state index contributed by atoms with van der Waals surface area (Å²) in [5, 5.41) is 5.76. The van der Waals surface area contributed by atoms with Gasteiger partial charge in [0.25, 0.3) is 5.91 Å². The van der Waals surface area contributed by atoms with Gasteiger partial charge in [-0.15, -0.1) is 0 Å². The fourth-order valence-corrected chi connectivity index (χ4v) is 2.69. The van der Waals surface area contributed by atoms with Crippen LogP contribution in [0.2, 0.25) is 0 Å². The summed E-state index contributed by atoms with van der Waals surface area (Å²) in [4.78, 5) is 20.4. The molecule has 0 atom stereocenters. The lowest BCUT2D eigenvalue weighted by Crippen LogP contribution is -2.19. The van der Waals surface area contributed by atoms with Crippen LogP contribution >= 0.6 is 0 Å². The second-order valence-corrected chi connectivity index (χ2v) is 5.72. The Balaban J connectivity index is 2.04. The molecule has 0 aliphatic carbocycles. The molecular weight excluding hydrogens is 312 g/mol. The number of carbonyl (C=O) groups excluding carboxylic acids is 1. The van der Waals surface area contributed by atoms with Crippen LogP contribution in [0.15, 0.2) is 54.9 Å². The first-order chi connectivity index (χ1) is 12.1. The fraction of sp³-hybridized carbons (Fsp3) is 0.150. The number of anilines is 1. The molecule has 0 bridgehead atoms. The molecule has 0 radical (unpaired) electrons. The van der Waals surface area contributed by atoms with E-state index in [1.165, 1.54) is 5.56 Å². The Morgan fingerprint density at radius 2 is 1.68 bits per heavy atom. The molecule has 0 spiro atoms. The van der Waals surface area contributed by atoms with Crippen LogP contribution in [-0.4, -0.2) is 30.0 Å². The molecule has 0 aliphatic rings. The van der Waals surface area contributed by atoms with E-state index in [0.29, 0.717) is 5.69 Å². The Morgan fingerprint density at radius 3 is 2.44 bits per heavy atom. The maximum absolute atomic E-state index is 11.8. The van der Waals surface area contributed by atoms with E-state index in [2.05, 4.69) is 45.7 Å². The molecule has 3 rings (SSSR count). The number of rotatable bonds is 4. The van der Waals surface area contributed by atoms with Crippen LogP contribution in [-0.2, 0) is 0 Å². The number of nitrogens with zero attached hydrogens (tertiary/aromatic N) is 2. The van der Waals surface area contributed by atoms with E-state index >= 15 is 0 Å². The van der Waals surface area contributed by atoms with Crippen LogP contribution in [0.4, 0.5) is 5.69 Å². The Hall–Kier alpha value is -3.21. The fourth-order valence-electron chi connectivity index (χ4n) is 2.69. The van der Waals surface area contributed by atoms with Gasteiger partial charge in [-0.1, -0.05) is 6.07 Å². The highest BCUT2D eigenvalue weighted by Crippen LogP contribution is 2.29. The first-order valence-electron chi connectivity index (χ1n) is 8.05. The van der Waals surface area contributed by atoms with Gasteiger partial charge in [-0.2, -0.15) is 0 Å². The number of amides is 1. The lowest BCUT2D eigenvalue weighted by Gasteiger charge is -2.11. The Bertz CT molecular complexity index is 921. The highest BCUT2D eigenvalue weighted by Gasteiger charge is 2.09. The highest BCUT2D eigenvalue weighted by atomic mass is 16.1. The number of aromatic nitrogens is 2. The molecule has 3 aromatic rings. The third-order valence-electron chi connectivity index (χ3n) is 4.11. The van der Waals surface area contributed by atoms with Crippen molar-refractivity contribution < 1.29 is 4.79 Å². The molecule has 5 heteroatoms. The minimum Gasteiger partial charge on any atom is -0.388 e. The quantitative estimate of drug-likeness (QED) is 0.767. The smallest absolute Gasteiger partial charge is 0.269 e. The number of aryl methyl sites for hydroxylation is 1. The molecule has 5 nitrogen and oxygen atoms in total. The summed E-state index contributed by atoms with van der Waals surface area (Å²) in [6, 6.07) is 13.9. The maximum Gasteiger partial charge on any atom is 0.269 e. The summed E-state index contributed by atoms with van der Waals surface area (Å²) < 4.78 is 0. The summed E-state index contributed by atoms with van der Waals surface area (Å²) in [5.41, 5.74) is 6.52. The first-order valence-corrected chi connectivity index (χ1v) is 8.05. The Labute approximate surface area is 147 Å². The van der Waals surface area contributed by atoms with Gasteiger partial charge in [0.1, 0.15) is 5.69 Å². The van der Waals surface area contributed by atoms with Gasteiger partial charge < -0.3 is 10.6 Å². The predicted octanol–water partition coefficient (Wildman–Crippen LogP) is 3.52.